The van der Waals surface area contributed by atoms with Crippen LogP contribution in [0.3, 0.4) is 0 Å². The molecule has 0 unspecified atom stereocenters. The van der Waals surface area contributed by atoms with Crippen LogP contribution in [0.5, 0.6) is 5.75 Å². The fourth-order valence-electron chi connectivity index (χ4n) is 3.15. The monoisotopic (exact) mass is 456 g/mol. The Labute approximate surface area is 187 Å². The molecule has 0 aromatic heterocycles. The lowest BCUT2D eigenvalue weighted by Crippen LogP contribution is -2.41. The Hall–Kier alpha value is -3.39. The lowest BCUT2D eigenvalue weighted by atomic mass is 10.0. The molecule has 1 atom stereocenters. The van der Waals surface area contributed by atoms with Crippen molar-refractivity contribution in [2.45, 2.75) is 17.7 Å². The van der Waals surface area contributed by atoms with E-state index in [-0.39, 0.29) is 16.5 Å². The van der Waals surface area contributed by atoms with Crippen LogP contribution in [0.15, 0.2) is 83.8 Å². The predicted molar refractivity (Wildman–Crippen MR) is 122 cm³/mol. The molecule has 3 aromatic rings. The Bertz CT molecular complexity index is 1130. The van der Waals surface area contributed by atoms with E-state index in [4.69, 9.17) is 4.74 Å². The number of rotatable bonds is 9. The van der Waals surface area contributed by atoms with Crippen LogP contribution >= 0.6 is 0 Å². The summed E-state index contributed by atoms with van der Waals surface area (Å²) in [5, 5.41) is 2.80. The molecule has 1 N–H and O–H groups in total. The van der Waals surface area contributed by atoms with Crippen molar-refractivity contribution in [3.05, 3.63) is 90.2 Å². The number of nitrogens with one attached hydrogen (secondary N) is 1. The third-order valence-corrected chi connectivity index (χ3v) is 6.81. The van der Waals surface area contributed by atoms with Crippen molar-refractivity contribution in [3.63, 3.8) is 0 Å². The van der Waals surface area contributed by atoms with Gasteiger partial charge in [0.2, 0.25) is 5.91 Å². The number of sulfonamides is 1. The first-order chi connectivity index (χ1) is 15.3. The SMILES string of the molecule is COc1ccc(S(=O)(=O)N(CC(=O)NC[C@@H](C)c2ccccc2)c2ccc(F)cc2)cc1. The summed E-state index contributed by atoms with van der Waals surface area (Å²) < 4.78 is 46.1. The quantitative estimate of drug-likeness (QED) is 0.529. The van der Waals surface area contributed by atoms with Gasteiger partial charge in [0.15, 0.2) is 0 Å². The van der Waals surface area contributed by atoms with Gasteiger partial charge in [-0.1, -0.05) is 37.3 Å². The second-order valence-electron chi connectivity index (χ2n) is 7.28. The summed E-state index contributed by atoms with van der Waals surface area (Å²) in [6, 6.07) is 20.5. The van der Waals surface area contributed by atoms with E-state index in [9.17, 15) is 17.6 Å². The van der Waals surface area contributed by atoms with Gasteiger partial charge in [0, 0.05) is 6.54 Å². The number of hydrogen-bond acceptors (Lipinski definition) is 4. The molecule has 3 rings (SSSR count). The van der Waals surface area contributed by atoms with E-state index in [2.05, 4.69) is 5.32 Å². The number of hydrogen-bond donors (Lipinski definition) is 1. The standard InChI is InChI=1S/C24H25FN2O4S/c1-18(19-6-4-3-5-7-19)16-26-24(28)17-27(21-10-8-20(25)9-11-21)32(29,30)23-14-12-22(31-2)13-15-23/h3-15,18H,16-17H2,1-2H3,(H,26,28)/t18-/m1/s1. The van der Waals surface area contributed by atoms with Crippen LogP contribution in [0.1, 0.15) is 18.4 Å². The Balaban J connectivity index is 1.81. The number of methoxy groups -OCH3 is 1. The summed E-state index contributed by atoms with van der Waals surface area (Å²) in [5.41, 5.74) is 1.25. The molecule has 0 heterocycles. The number of carbonyl (C=O) groups is 1. The first kappa shape index (κ1) is 23.3. The lowest BCUT2D eigenvalue weighted by Gasteiger charge is -2.24. The van der Waals surface area contributed by atoms with Gasteiger partial charge in [-0.15, -0.1) is 0 Å². The highest BCUT2D eigenvalue weighted by Gasteiger charge is 2.27. The number of halogens is 1. The summed E-state index contributed by atoms with van der Waals surface area (Å²) in [5.74, 6) is -0.409. The van der Waals surface area contributed by atoms with Crippen molar-refractivity contribution in [2.24, 2.45) is 0 Å². The molecule has 0 saturated carbocycles. The number of ether oxygens (including phenoxy) is 1. The maximum absolute atomic E-state index is 13.4. The third-order valence-electron chi connectivity index (χ3n) is 5.02. The van der Waals surface area contributed by atoms with E-state index in [1.165, 1.54) is 43.5 Å². The highest BCUT2D eigenvalue weighted by molar-refractivity contribution is 7.92. The molecular weight excluding hydrogens is 431 g/mol. The number of nitrogens with zero attached hydrogens (tertiary/aromatic N) is 1. The number of anilines is 1. The second-order valence-corrected chi connectivity index (χ2v) is 9.14. The molecule has 0 radical (unpaired) electrons. The molecule has 0 aliphatic heterocycles. The average molecular weight is 457 g/mol. The van der Waals surface area contributed by atoms with Crippen LogP contribution in [-0.2, 0) is 14.8 Å². The molecule has 0 aliphatic rings. The molecular formula is C24H25FN2O4S. The molecule has 8 heteroatoms. The van der Waals surface area contributed by atoms with Gasteiger partial charge >= 0.3 is 0 Å². The Morgan fingerprint density at radius 1 is 1.00 bits per heavy atom. The number of carbonyl (C=O) groups excluding carboxylic acids is 1. The first-order valence-corrected chi connectivity index (χ1v) is 11.5. The zero-order chi connectivity index (χ0) is 23.1. The third kappa shape index (κ3) is 5.64. The van der Waals surface area contributed by atoms with E-state index in [1.54, 1.807) is 0 Å². The van der Waals surface area contributed by atoms with Crippen molar-refractivity contribution in [1.29, 1.82) is 0 Å². The Morgan fingerprint density at radius 2 is 1.62 bits per heavy atom. The van der Waals surface area contributed by atoms with Gasteiger partial charge < -0.3 is 10.1 Å². The van der Waals surface area contributed by atoms with Crippen molar-refractivity contribution in [3.8, 4) is 5.75 Å². The van der Waals surface area contributed by atoms with E-state index < -0.39 is 28.3 Å². The van der Waals surface area contributed by atoms with Crippen molar-refractivity contribution in [2.75, 3.05) is 24.5 Å². The molecule has 0 aliphatic carbocycles. The Morgan fingerprint density at radius 3 is 2.22 bits per heavy atom. The largest absolute Gasteiger partial charge is 0.497 e. The molecule has 32 heavy (non-hydrogen) atoms. The second kappa shape index (κ2) is 10.3. The van der Waals surface area contributed by atoms with E-state index in [0.29, 0.717) is 12.3 Å². The van der Waals surface area contributed by atoms with Gasteiger partial charge in [0.1, 0.15) is 18.1 Å². The molecule has 3 aromatic carbocycles. The van der Waals surface area contributed by atoms with Crippen molar-refractivity contribution >= 4 is 21.6 Å². The van der Waals surface area contributed by atoms with E-state index in [1.807, 2.05) is 37.3 Å². The molecule has 0 saturated heterocycles. The lowest BCUT2D eigenvalue weighted by molar-refractivity contribution is -0.119. The van der Waals surface area contributed by atoms with Crippen LogP contribution in [0.2, 0.25) is 0 Å². The normalized spacial score (nSPS) is 12.1. The summed E-state index contributed by atoms with van der Waals surface area (Å²) in [7, 11) is -2.60. The van der Waals surface area contributed by atoms with Crippen molar-refractivity contribution in [1.82, 2.24) is 5.32 Å². The molecule has 6 nitrogen and oxygen atoms in total. The van der Waals surface area contributed by atoms with Gasteiger partial charge in [0.25, 0.3) is 10.0 Å². The maximum atomic E-state index is 13.4. The molecule has 0 fully saturated rings. The van der Waals surface area contributed by atoms with Crippen LogP contribution in [0, 0.1) is 5.82 Å². The summed E-state index contributed by atoms with van der Waals surface area (Å²) in [6.07, 6.45) is 0. The zero-order valence-electron chi connectivity index (χ0n) is 17.9. The predicted octanol–water partition coefficient (Wildman–Crippen LogP) is 3.95. The minimum Gasteiger partial charge on any atom is -0.497 e. The number of benzene rings is 3. The van der Waals surface area contributed by atoms with Gasteiger partial charge in [0.05, 0.1) is 17.7 Å². The highest BCUT2D eigenvalue weighted by atomic mass is 32.2. The summed E-state index contributed by atoms with van der Waals surface area (Å²) in [6.45, 7) is 1.88. The first-order valence-electron chi connectivity index (χ1n) is 10.1. The fourth-order valence-corrected chi connectivity index (χ4v) is 4.57. The van der Waals surface area contributed by atoms with E-state index >= 15 is 0 Å². The van der Waals surface area contributed by atoms with E-state index in [0.717, 1.165) is 22.0 Å². The van der Waals surface area contributed by atoms with Crippen LogP contribution in [-0.4, -0.2) is 34.5 Å². The smallest absolute Gasteiger partial charge is 0.264 e. The molecule has 0 bridgehead atoms. The average Bonchev–Trinajstić information content (AvgIpc) is 2.82. The van der Waals surface area contributed by atoms with Crippen LogP contribution in [0.4, 0.5) is 10.1 Å². The highest BCUT2D eigenvalue weighted by Crippen LogP contribution is 2.25. The summed E-state index contributed by atoms with van der Waals surface area (Å²) >= 11 is 0. The topological polar surface area (TPSA) is 75.7 Å². The van der Waals surface area contributed by atoms with Crippen LogP contribution in [0.25, 0.3) is 0 Å². The van der Waals surface area contributed by atoms with Gasteiger partial charge in [-0.25, -0.2) is 12.8 Å². The van der Waals surface area contributed by atoms with Gasteiger partial charge in [-0.05, 0) is 60.0 Å². The zero-order valence-corrected chi connectivity index (χ0v) is 18.7. The molecule has 1 amide bonds. The number of amides is 1. The maximum Gasteiger partial charge on any atom is 0.264 e. The van der Waals surface area contributed by atoms with Gasteiger partial charge in [-0.2, -0.15) is 0 Å². The van der Waals surface area contributed by atoms with Crippen molar-refractivity contribution < 1.29 is 22.3 Å². The summed E-state index contributed by atoms with van der Waals surface area (Å²) in [4.78, 5) is 12.7. The molecule has 0 spiro atoms. The molecule has 168 valence electrons. The minimum atomic E-state index is -4.08. The Kier molecular flexibility index (Phi) is 7.48. The fraction of sp³-hybridized carbons (Fsp3) is 0.208. The minimum absolute atomic E-state index is 0.00641. The van der Waals surface area contributed by atoms with Gasteiger partial charge in [-0.3, -0.25) is 9.10 Å². The van der Waals surface area contributed by atoms with Crippen LogP contribution < -0.4 is 14.4 Å².